The molecule has 1 aromatic carbocycles. The number of nitrogens with one attached hydrogen (secondary N) is 2. The van der Waals surface area contributed by atoms with E-state index in [0.717, 1.165) is 57.3 Å². The number of benzene rings is 1. The van der Waals surface area contributed by atoms with Crippen molar-refractivity contribution in [2.45, 2.75) is 32.4 Å². The molecule has 0 spiro atoms. The van der Waals surface area contributed by atoms with E-state index in [1.165, 1.54) is 11.3 Å². The number of carbonyl (C=O) groups is 1. The first kappa shape index (κ1) is 21.0. The molecule has 4 aromatic rings. The smallest absolute Gasteiger partial charge is 0.262 e. The van der Waals surface area contributed by atoms with Crippen molar-refractivity contribution in [3.05, 3.63) is 57.5 Å². The molecule has 3 aromatic heterocycles. The van der Waals surface area contributed by atoms with Gasteiger partial charge in [-0.15, -0.1) is 22.7 Å². The summed E-state index contributed by atoms with van der Waals surface area (Å²) < 4.78 is 5.69. The van der Waals surface area contributed by atoms with Gasteiger partial charge < -0.3 is 15.4 Å². The van der Waals surface area contributed by atoms with Crippen molar-refractivity contribution >= 4 is 44.6 Å². The third-order valence-electron chi connectivity index (χ3n) is 5.48. The van der Waals surface area contributed by atoms with Gasteiger partial charge in [0.1, 0.15) is 22.0 Å². The molecule has 5 rings (SSSR count). The third kappa shape index (κ3) is 4.36. The predicted octanol–water partition coefficient (Wildman–Crippen LogP) is 4.64. The molecule has 9 heteroatoms. The van der Waals surface area contributed by atoms with E-state index in [0.29, 0.717) is 18.0 Å². The first-order valence-electron chi connectivity index (χ1n) is 10.6. The van der Waals surface area contributed by atoms with Gasteiger partial charge in [-0.3, -0.25) is 4.79 Å². The summed E-state index contributed by atoms with van der Waals surface area (Å²) in [4.78, 5) is 27.9. The van der Waals surface area contributed by atoms with Gasteiger partial charge in [-0.25, -0.2) is 15.0 Å². The Morgan fingerprint density at radius 3 is 2.94 bits per heavy atom. The van der Waals surface area contributed by atoms with Crippen LogP contribution in [0, 0.1) is 6.92 Å². The second-order valence-electron chi connectivity index (χ2n) is 7.65. The molecule has 1 aliphatic rings. The van der Waals surface area contributed by atoms with Crippen molar-refractivity contribution in [1.29, 1.82) is 0 Å². The molecule has 32 heavy (non-hydrogen) atoms. The molecule has 1 unspecified atom stereocenters. The molecule has 0 bridgehead atoms. The van der Waals surface area contributed by atoms with Gasteiger partial charge in [-0.1, -0.05) is 30.3 Å². The van der Waals surface area contributed by atoms with Gasteiger partial charge in [-0.05, 0) is 25.3 Å². The summed E-state index contributed by atoms with van der Waals surface area (Å²) in [5.41, 5.74) is 2.89. The highest BCUT2D eigenvalue weighted by molar-refractivity contribution is 7.20. The summed E-state index contributed by atoms with van der Waals surface area (Å²) in [7, 11) is 0. The molecule has 0 saturated carbocycles. The zero-order valence-electron chi connectivity index (χ0n) is 17.6. The maximum atomic E-state index is 13.0. The Morgan fingerprint density at radius 1 is 1.25 bits per heavy atom. The van der Waals surface area contributed by atoms with Crippen molar-refractivity contribution in [3.63, 3.8) is 0 Å². The largest absolute Gasteiger partial charge is 0.376 e. The minimum atomic E-state index is -0.118. The van der Waals surface area contributed by atoms with Gasteiger partial charge in [0, 0.05) is 24.1 Å². The number of amides is 1. The summed E-state index contributed by atoms with van der Waals surface area (Å²) in [5.74, 6) is 0.637. The van der Waals surface area contributed by atoms with Crippen molar-refractivity contribution in [2.75, 3.05) is 18.5 Å². The minimum Gasteiger partial charge on any atom is -0.376 e. The fourth-order valence-electron chi connectivity index (χ4n) is 3.81. The number of hydrogen-bond donors (Lipinski definition) is 2. The molecule has 0 radical (unpaired) electrons. The summed E-state index contributed by atoms with van der Waals surface area (Å²) in [5, 5.41) is 10.2. The van der Waals surface area contributed by atoms with E-state index in [1.54, 1.807) is 17.7 Å². The zero-order chi connectivity index (χ0) is 21.9. The second-order valence-corrected chi connectivity index (χ2v) is 9.59. The van der Waals surface area contributed by atoms with E-state index in [-0.39, 0.29) is 12.0 Å². The highest BCUT2D eigenvalue weighted by Gasteiger charge is 2.21. The molecule has 7 nitrogen and oxygen atoms in total. The standard InChI is InChI=1S/C23H23N5O2S2/c1-14-19-21(24-10-16-8-5-9-30-16)26-13-27-23(19)32-20(14)22(29)25-11-18-28-17(12-31-18)15-6-3-2-4-7-15/h2-4,6-7,12-13,16H,5,8-11H2,1H3,(H,25,29)(H,24,26,27). The quantitative estimate of drug-likeness (QED) is 0.413. The molecule has 164 valence electrons. The van der Waals surface area contributed by atoms with E-state index in [1.807, 2.05) is 42.6 Å². The first-order chi connectivity index (χ1) is 15.7. The van der Waals surface area contributed by atoms with E-state index < -0.39 is 0 Å². The molecule has 1 saturated heterocycles. The number of thiophene rings is 1. The van der Waals surface area contributed by atoms with E-state index in [9.17, 15) is 4.79 Å². The van der Waals surface area contributed by atoms with Crippen LogP contribution >= 0.6 is 22.7 Å². The Kier molecular flexibility index (Phi) is 6.11. The lowest BCUT2D eigenvalue weighted by molar-refractivity contribution is 0.0954. The maximum absolute atomic E-state index is 13.0. The van der Waals surface area contributed by atoms with Crippen molar-refractivity contribution in [3.8, 4) is 11.3 Å². The molecular weight excluding hydrogens is 442 g/mol. The molecule has 1 amide bonds. The monoisotopic (exact) mass is 465 g/mol. The Morgan fingerprint density at radius 2 is 2.12 bits per heavy atom. The maximum Gasteiger partial charge on any atom is 0.262 e. The number of aryl methyl sites for hydroxylation is 1. The third-order valence-corrected chi connectivity index (χ3v) is 7.52. The first-order valence-corrected chi connectivity index (χ1v) is 12.3. The zero-order valence-corrected chi connectivity index (χ0v) is 19.3. The molecule has 0 aliphatic carbocycles. The molecule has 1 aliphatic heterocycles. The van der Waals surface area contributed by atoms with Crippen molar-refractivity contribution < 1.29 is 9.53 Å². The number of thiazole rings is 1. The van der Waals surface area contributed by atoms with Crippen LogP contribution in [-0.4, -0.2) is 40.1 Å². The van der Waals surface area contributed by atoms with Crippen molar-refractivity contribution in [1.82, 2.24) is 20.3 Å². The van der Waals surface area contributed by atoms with E-state index in [4.69, 9.17) is 4.74 Å². The topological polar surface area (TPSA) is 89.0 Å². The van der Waals surface area contributed by atoms with Gasteiger partial charge in [0.15, 0.2) is 0 Å². The van der Waals surface area contributed by atoms with Crippen LogP contribution in [-0.2, 0) is 11.3 Å². The summed E-state index contributed by atoms with van der Waals surface area (Å²) in [6.45, 7) is 3.86. The van der Waals surface area contributed by atoms with Crippen LogP contribution in [0.2, 0.25) is 0 Å². The Labute approximate surface area is 193 Å². The van der Waals surface area contributed by atoms with Gasteiger partial charge in [-0.2, -0.15) is 0 Å². The van der Waals surface area contributed by atoms with Gasteiger partial charge in [0.05, 0.1) is 28.6 Å². The molecule has 4 heterocycles. The summed E-state index contributed by atoms with van der Waals surface area (Å²) >= 11 is 2.94. The lowest BCUT2D eigenvalue weighted by atomic mass is 10.2. The number of carbonyl (C=O) groups excluding carboxylic acids is 1. The van der Waals surface area contributed by atoms with Crippen LogP contribution < -0.4 is 10.6 Å². The van der Waals surface area contributed by atoms with Crippen LogP contribution in [0.4, 0.5) is 5.82 Å². The number of anilines is 1. The number of ether oxygens (including phenoxy) is 1. The van der Waals surface area contributed by atoms with Crippen LogP contribution in [0.25, 0.3) is 21.5 Å². The Balaban J connectivity index is 1.29. The normalized spacial score (nSPS) is 15.8. The fourth-order valence-corrected chi connectivity index (χ4v) is 5.62. The number of aromatic nitrogens is 3. The SMILES string of the molecule is Cc1c(C(=O)NCc2nc(-c3ccccc3)cs2)sc2ncnc(NCC3CCCO3)c12. The average molecular weight is 466 g/mol. The summed E-state index contributed by atoms with van der Waals surface area (Å²) in [6.07, 6.45) is 3.90. The highest BCUT2D eigenvalue weighted by Crippen LogP contribution is 2.33. The van der Waals surface area contributed by atoms with Crippen LogP contribution in [0.15, 0.2) is 42.0 Å². The van der Waals surface area contributed by atoms with Crippen LogP contribution in [0.5, 0.6) is 0 Å². The van der Waals surface area contributed by atoms with Gasteiger partial charge in [0.25, 0.3) is 5.91 Å². The molecule has 1 fully saturated rings. The van der Waals surface area contributed by atoms with Crippen LogP contribution in [0.3, 0.4) is 0 Å². The molecule has 1 atom stereocenters. The fraction of sp³-hybridized carbons (Fsp3) is 0.304. The number of fused-ring (bicyclic) bond motifs is 1. The average Bonchev–Trinajstić information content (AvgIpc) is 3.58. The minimum absolute atomic E-state index is 0.118. The second kappa shape index (κ2) is 9.32. The van der Waals surface area contributed by atoms with Gasteiger partial charge >= 0.3 is 0 Å². The lowest BCUT2D eigenvalue weighted by Gasteiger charge is -2.12. The molecular formula is C23H23N5O2S2. The van der Waals surface area contributed by atoms with Crippen LogP contribution in [0.1, 0.15) is 33.1 Å². The van der Waals surface area contributed by atoms with Gasteiger partial charge in [0.2, 0.25) is 0 Å². The number of nitrogens with zero attached hydrogens (tertiary/aromatic N) is 3. The number of hydrogen-bond acceptors (Lipinski definition) is 8. The Bertz CT molecular complexity index is 1230. The lowest BCUT2D eigenvalue weighted by Crippen LogP contribution is -2.22. The molecule has 2 N–H and O–H groups in total. The number of rotatable bonds is 7. The van der Waals surface area contributed by atoms with E-state index >= 15 is 0 Å². The Hall–Kier alpha value is -2.88. The predicted molar refractivity (Wildman–Crippen MR) is 128 cm³/mol. The summed E-state index contributed by atoms with van der Waals surface area (Å²) in [6, 6.07) is 10.0. The van der Waals surface area contributed by atoms with E-state index in [2.05, 4.69) is 25.6 Å². The highest BCUT2D eigenvalue weighted by atomic mass is 32.1. The van der Waals surface area contributed by atoms with Crippen molar-refractivity contribution in [2.24, 2.45) is 0 Å².